The van der Waals surface area contributed by atoms with Crippen molar-refractivity contribution in [2.45, 2.75) is 44.9 Å². The van der Waals surface area contributed by atoms with E-state index in [1.807, 2.05) is 26.0 Å². The van der Waals surface area contributed by atoms with Crippen molar-refractivity contribution in [3.8, 4) is 0 Å². The fourth-order valence-corrected chi connectivity index (χ4v) is 4.66. The maximum Gasteiger partial charge on any atom is 0.243 e. The second-order valence-corrected chi connectivity index (χ2v) is 8.72. The van der Waals surface area contributed by atoms with E-state index in [-0.39, 0.29) is 5.41 Å². The van der Waals surface area contributed by atoms with Crippen LogP contribution in [0.1, 0.15) is 37.5 Å². The average molecular weight is 310 g/mol. The highest BCUT2D eigenvalue weighted by Crippen LogP contribution is 2.30. The number of sulfonamides is 1. The molecule has 1 fully saturated rings. The third-order valence-corrected chi connectivity index (χ3v) is 6.21. The Morgan fingerprint density at radius 2 is 1.52 bits per heavy atom. The van der Waals surface area contributed by atoms with Gasteiger partial charge in [0.25, 0.3) is 0 Å². The maximum absolute atomic E-state index is 12.9. The number of nitrogens with one attached hydrogen (secondary N) is 1. The summed E-state index contributed by atoms with van der Waals surface area (Å²) in [5.74, 6) is 0. The highest BCUT2D eigenvalue weighted by atomic mass is 32.2. The van der Waals surface area contributed by atoms with Gasteiger partial charge < -0.3 is 5.32 Å². The fourth-order valence-electron chi connectivity index (χ4n) is 2.80. The van der Waals surface area contributed by atoms with Crippen LogP contribution in [0.15, 0.2) is 17.0 Å². The summed E-state index contributed by atoms with van der Waals surface area (Å²) in [6.07, 6.45) is 0. The van der Waals surface area contributed by atoms with Crippen molar-refractivity contribution in [3.05, 3.63) is 28.8 Å². The van der Waals surface area contributed by atoms with Crippen LogP contribution in [0.3, 0.4) is 0 Å². The summed E-state index contributed by atoms with van der Waals surface area (Å²) in [5, 5.41) is 3.19. The van der Waals surface area contributed by atoms with Gasteiger partial charge in [-0.1, -0.05) is 32.9 Å². The zero-order valence-electron chi connectivity index (χ0n) is 13.7. The number of hydrogen-bond acceptors (Lipinski definition) is 3. The Morgan fingerprint density at radius 1 is 1.05 bits per heavy atom. The molecule has 0 aliphatic carbocycles. The molecule has 0 bridgehead atoms. The standard InChI is InChI=1S/C16H26N2O2S/c1-12-10-14(16(3,4)5)11-13(2)15(12)21(19,20)18-8-6-17-7-9-18/h10-11,17H,6-9H2,1-5H3. The molecule has 1 saturated heterocycles. The molecule has 0 radical (unpaired) electrons. The molecule has 1 aromatic rings. The minimum atomic E-state index is -3.39. The Kier molecular flexibility index (Phi) is 4.47. The van der Waals surface area contributed by atoms with Gasteiger partial charge in [0.05, 0.1) is 4.90 Å². The first-order valence-corrected chi connectivity index (χ1v) is 8.90. The first-order valence-electron chi connectivity index (χ1n) is 7.46. The summed E-state index contributed by atoms with van der Waals surface area (Å²) in [6.45, 7) is 12.8. The van der Waals surface area contributed by atoms with E-state index in [1.165, 1.54) is 5.56 Å². The average Bonchev–Trinajstić information content (AvgIpc) is 2.37. The molecule has 0 saturated carbocycles. The molecule has 5 heteroatoms. The van der Waals surface area contributed by atoms with E-state index in [0.717, 1.165) is 24.2 Å². The molecular weight excluding hydrogens is 284 g/mol. The normalized spacial score (nSPS) is 18.0. The number of hydrogen-bond donors (Lipinski definition) is 1. The van der Waals surface area contributed by atoms with Crippen LogP contribution in [0.4, 0.5) is 0 Å². The zero-order valence-corrected chi connectivity index (χ0v) is 14.5. The summed E-state index contributed by atoms with van der Waals surface area (Å²) in [6, 6.07) is 4.03. The van der Waals surface area contributed by atoms with Gasteiger partial charge in [-0.25, -0.2) is 8.42 Å². The second kappa shape index (κ2) is 5.71. The van der Waals surface area contributed by atoms with E-state index in [0.29, 0.717) is 18.0 Å². The van der Waals surface area contributed by atoms with Crippen molar-refractivity contribution >= 4 is 10.0 Å². The van der Waals surface area contributed by atoms with Crippen LogP contribution in [-0.2, 0) is 15.4 Å². The number of rotatable bonds is 2. The molecule has 0 atom stereocenters. The topological polar surface area (TPSA) is 49.4 Å². The van der Waals surface area contributed by atoms with Crippen LogP contribution in [-0.4, -0.2) is 38.9 Å². The summed E-state index contributed by atoms with van der Waals surface area (Å²) in [7, 11) is -3.39. The molecule has 118 valence electrons. The van der Waals surface area contributed by atoms with Gasteiger partial charge in [0, 0.05) is 26.2 Å². The van der Waals surface area contributed by atoms with Crippen molar-refractivity contribution in [2.75, 3.05) is 26.2 Å². The number of nitrogens with zero attached hydrogens (tertiary/aromatic N) is 1. The smallest absolute Gasteiger partial charge is 0.243 e. The first kappa shape index (κ1) is 16.5. The van der Waals surface area contributed by atoms with Gasteiger partial charge in [-0.2, -0.15) is 4.31 Å². The van der Waals surface area contributed by atoms with Crippen molar-refractivity contribution in [1.82, 2.24) is 9.62 Å². The van der Waals surface area contributed by atoms with E-state index in [9.17, 15) is 8.42 Å². The molecule has 0 spiro atoms. The van der Waals surface area contributed by atoms with Gasteiger partial charge >= 0.3 is 0 Å². The molecule has 1 heterocycles. The Hall–Kier alpha value is -0.910. The van der Waals surface area contributed by atoms with Gasteiger partial charge in [0.15, 0.2) is 0 Å². The predicted molar refractivity (Wildman–Crippen MR) is 86.2 cm³/mol. The minimum absolute atomic E-state index is 0.0207. The van der Waals surface area contributed by atoms with Gasteiger partial charge in [-0.3, -0.25) is 0 Å². The molecule has 0 amide bonds. The highest BCUT2D eigenvalue weighted by molar-refractivity contribution is 7.89. The lowest BCUT2D eigenvalue weighted by molar-refractivity contribution is 0.360. The summed E-state index contributed by atoms with van der Waals surface area (Å²) in [4.78, 5) is 0.484. The van der Waals surface area contributed by atoms with Crippen molar-refractivity contribution < 1.29 is 8.42 Å². The number of piperazine rings is 1. The van der Waals surface area contributed by atoms with Gasteiger partial charge in [-0.05, 0) is 36.0 Å². The maximum atomic E-state index is 12.9. The molecule has 0 aromatic heterocycles. The monoisotopic (exact) mass is 310 g/mol. The lowest BCUT2D eigenvalue weighted by Crippen LogP contribution is -2.46. The summed E-state index contributed by atoms with van der Waals surface area (Å²) >= 11 is 0. The molecule has 1 aliphatic heterocycles. The number of benzene rings is 1. The van der Waals surface area contributed by atoms with E-state index in [2.05, 4.69) is 26.1 Å². The second-order valence-electron chi connectivity index (χ2n) is 6.84. The minimum Gasteiger partial charge on any atom is -0.314 e. The fraction of sp³-hybridized carbons (Fsp3) is 0.625. The quantitative estimate of drug-likeness (QED) is 0.911. The molecular formula is C16H26N2O2S. The predicted octanol–water partition coefficient (Wildman–Crippen LogP) is 2.19. The molecule has 21 heavy (non-hydrogen) atoms. The molecule has 4 nitrogen and oxygen atoms in total. The molecule has 1 aliphatic rings. The van der Waals surface area contributed by atoms with Crippen LogP contribution in [0.5, 0.6) is 0 Å². The summed E-state index contributed by atoms with van der Waals surface area (Å²) < 4.78 is 27.4. The Morgan fingerprint density at radius 3 is 1.95 bits per heavy atom. The third kappa shape index (κ3) is 3.30. The Labute approximate surface area is 128 Å². The van der Waals surface area contributed by atoms with Crippen molar-refractivity contribution in [2.24, 2.45) is 0 Å². The lowest BCUT2D eigenvalue weighted by Gasteiger charge is -2.29. The van der Waals surface area contributed by atoms with Crippen LogP contribution in [0.2, 0.25) is 0 Å². The SMILES string of the molecule is Cc1cc(C(C)(C)C)cc(C)c1S(=O)(=O)N1CCNCC1. The molecule has 1 N–H and O–H groups in total. The van der Waals surface area contributed by atoms with E-state index in [1.54, 1.807) is 4.31 Å². The van der Waals surface area contributed by atoms with Gasteiger partial charge in [0.2, 0.25) is 10.0 Å². The molecule has 1 aromatic carbocycles. The van der Waals surface area contributed by atoms with Crippen LogP contribution >= 0.6 is 0 Å². The largest absolute Gasteiger partial charge is 0.314 e. The van der Waals surface area contributed by atoms with Crippen LogP contribution < -0.4 is 5.32 Å². The first-order chi connectivity index (χ1) is 9.64. The van der Waals surface area contributed by atoms with Gasteiger partial charge in [0.1, 0.15) is 0 Å². The van der Waals surface area contributed by atoms with Crippen molar-refractivity contribution in [1.29, 1.82) is 0 Å². The zero-order chi connectivity index (χ0) is 15.8. The molecule has 2 rings (SSSR count). The van der Waals surface area contributed by atoms with E-state index < -0.39 is 10.0 Å². The van der Waals surface area contributed by atoms with Crippen molar-refractivity contribution in [3.63, 3.8) is 0 Å². The van der Waals surface area contributed by atoms with E-state index in [4.69, 9.17) is 0 Å². The Balaban J connectivity index is 2.49. The lowest BCUT2D eigenvalue weighted by atomic mass is 9.85. The van der Waals surface area contributed by atoms with E-state index >= 15 is 0 Å². The Bertz CT molecular complexity index is 601. The van der Waals surface area contributed by atoms with Crippen LogP contribution in [0.25, 0.3) is 0 Å². The molecule has 0 unspecified atom stereocenters. The highest BCUT2D eigenvalue weighted by Gasteiger charge is 2.29. The van der Waals surface area contributed by atoms with Gasteiger partial charge in [-0.15, -0.1) is 0 Å². The number of aryl methyl sites for hydroxylation is 2. The summed E-state index contributed by atoms with van der Waals surface area (Å²) in [5.41, 5.74) is 2.89. The van der Waals surface area contributed by atoms with Crippen LogP contribution in [0, 0.1) is 13.8 Å². The third-order valence-electron chi connectivity index (χ3n) is 4.00.